The predicted molar refractivity (Wildman–Crippen MR) is 48.8 cm³/mol. The monoisotopic (exact) mass is 224 g/mol. The van der Waals surface area contributed by atoms with Crippen molar-refractivity contribution in [2.24, 2.45) is 5.73 Å². The Kier molecular flexibility index (Phi) is 2.92. The van der Waals surface area contributed by atoms with Gasteiger partial charge < -0.3 is 11.5 Å². The molecule has 0 aliphatic carbocycles. The lowest BCUT2D eigenvalue weighted by Gasteiger charge is -2.11. The van der Waals surface area contributed by atoms with Gasteiger partial charge in [-0.25, -0.2) is 0 Å². The minimum Gasteiger partial charge on any atom is -0.398 e. The second kappa shape index (κ2) is 3.67. The quantitative estimate of drug-likeness (QED) is 0.720. The lowest BCUT2D eigenvalue weighted by molar-refractivity contribution is -0.137. The fraction of sp³-hybridized carbons (Fsp3) is 0.250. The van der Waals surface area contributed by atoms with Gasteiger partial charge in [0.15, 0.2) is 0 Å². The summed E-state index contributed by atoms with van der Waals surface area (Å²) in [4.78, 5) is 0. The average Bonchev–Trinajstić information content (AvgIpc) is 2.06. The van der Waals surface area contributed by atoms with Crippen molar-refractivity contribution in [3.8, 4) is 0 Å². The summed E-state index contributed by atoms with van der Waals surface area (Å²) in [5.74, 6) is 0. The Labute approximate surface area is 83.6 Å². The molecule has 0 aliphatic heterocycles. The first kappa shape index (κ1) is 11.1. The molecule has 78 valence electrons. The second-order valence-electron chi connectivity index (χ2n) is 2.73. The summed E-state index contributed by atoms with van der Waals surface area (Å²) in [6.07, 6.45) is -4.49. The first-order valence-electron chi connectivity index (χ1n) is 3.71. The first-order chi connectivity index (χ1) is 6.36. The predicted octanol–water partition coefficient (Wildman–Crippen LogP) is 2.40. The van der Waals surface area contributed by atoms with Crippen molar-refractivity contribution in [3.63, 3.8) is 0 Å². The normalized spacial score (nSPS) is 11.8. The van der Waals surface area contributed by atoms with Crippen LogP contribution in [0, 0.1) is 0 Å². The number of hydrogen-bond acceptors (Lipinski definition) is 2. The number of halogens is 4. The van der Waals surface area contributed by atoms with E-state index < -0.39 is 11.7 Å². The van der Waals surface area contributed by atoms with Gasteiger partial charge in [0.05, 0.1) is 10.6 Å². The summed E-state index contributed by atoms with van der Waals surface area (Å²) in [7, 11) is 0. The molecule has 1 aromatic carbocycles. The van der Waals surface area contributed by atoms with Crippen LogP contribution in [0.1, 0.15) is 11.1 Å². The highest BCUT2D eigenvalue weighted by Crippen LogP contribution is 2.36. The minimum absolute atomic E-state index is 0.00391. The zero-order chi connectivity index (χ0) is 10.9. The molecule has 14 heavy (non-hydrogen) atoms. The number of nitrogen functional groups attached to an aromatic ring is 1. The zero-order valence-electron chi connectivity index (χ0n) is 7.03. The lowest BCUT2D eigenvalue weighted by atomic mass is 10.1. The molecule has 1 aromatic rings. The van der Waals surface area contributed by atoms with Gasteiger partial charge in [0, 0.05) is 12.2 Å². The largest absolute Gasteiger partial charge is 0.417 e. The van der Waals surface area contributed by atoms with Crippen LogP contribution in [0.4, 0.5) is 18.9 Å². The van der Waals surface area contributed by atoms with Gasteiger partial charge >= 0.3 is 6.18 Å². The molecule has 0 bridgehead atoms. The minimum atomic E-state index is -4.49. The molecule has 0 fully saturated rings. The van der Waals surface area contributed by atoms with Gasteiger partial charge in [-0.3, -0.25) is 0 Å². The second-order valence-corrected chi connectivity index (χ2v) is 3.14. The first-order valence-corrected chi connectivity index (χ1v) is 4.09. The Bertz CT molecular complexity index is 349. The van der Waals surface area contributed by atoms with Gasteiger partial charge in [0.1, 0.15) is 0 Å². The number of nitrogens with two attached hydrogens (primary N) is 2. The van der Waals surface area contributed by atoms with E-state index in [9.17, 15) is 13.2 Å². The van der Waals surface area contributed by atoms with Crippen molar-refractivity contribution in [1.82, 2.24) is 0 Å². The van der Waals surface area contributed by atoms with E-state index in [2.05, 4.69) is 0 Å². The fourth-order valence-corrected chi connectivity index (χ4v) is 1.32. The summed E-state index contributed by atoms with van der Waals surface area (Å²) in [5.41, 5.74) is 10.1. The van der Waals surface area contributed by atoms with Crippen LogP contribution in [-0.4, -0.2) is 0 Å². The van der Waals surface area contributed by atoms with Gasteiger partial charge in [-0.05, 0) is 17.7 Å². The number of benzene rings is 1. The SMILES string of the molecule is NCc1cc(Cl)c(C(F)(F)F)cc1N. The average molecular weight is 225 g/mol. The maximum absolute atomic E-state index is 12.3. The molecule has 6 heteroatoms. The van der Waals surface area contributed by atoms with Gasteiger partial charge in [-0.1, -0.05) is 11.6 Å². The maximum Gasteiger partial charge on any atom is 0.417 e. The van der Waals surface area contributed by atoms with Crippen LogP contribution in [0.2, 0.25) is 5.02 Å². The molecule has 0 saturated heterocycles. The number of alkyl halides is 3. The van der Waals surface area contributed by atoms with Crippen molar-refractivity contribution >= 4 is 17.3 Å². The van der Waals surface area contributed by atoms with Crippen LogP contribution in [0.15, 0.2) is 12.1 Å². The third-order valence-electron chi connectivity index (χ3n) is 1.75. The molecular formula is C8H8ClF3N2. The summed E-state index contributed by atoms with van der Waals surface area (Å²) in [5, 5.41) is -0.382. The zero-order valence-corrected chi connectivity index (χ0v) is 7.78. The van der Waals surface area contributed by atoms with E-state index in [4.69, 9.17) is 23.1 Å². The van der Waals surface area contributed by atoms with Crippen molar-refractivity contribution in [1.29, 1.82) is 0 Å². The summed E-state index contributed by atoms with van der Waals surface area (Å²) in [6.45, 7) is 0.0592. The Morgan fingerprint density at radius 2 is 1.86 bits per heavy atom. The molecule has 0 spiro atoms. The van der Waals surface area contributed by atoms with E-state index in [0.717, 1.165) is 12.1 Å². The molecule has 0 heterocycles. The van der Waals surface area contributed by atoms with Crippen molar-refractivity contribution < 1.29 is 13.2 Å². The Morgan fingerprint density at radius 1 is 1.29 bits per heavy atom. The van der Waals surface area contributed by atoms with E-state index in [1.165, 1.54) is 0 Å². The molecule has 2 nitrogen and oxygen atoms in total. The molecule has 0 aromatic heterocycles. The van der Waals surface area contributed by atoms with Gasteiger partial charge in [0.2, 0.25) is 0 Å². The fourth-order valence-electron chi connectivity index (χ4n) is 1.03. The van der Waals surface area contributed by atoms with Crippen LogP contribution in [0.25, 0.3) is 0 Å². The van der Waals surface area contributed by atoms with E-state index in [1.807, 2.05) is 0 Å². The summed E-state index contributed by atoms with van der Waals surface area (Å²) in [6, 6.07) is 1.93. The van der Waals surface area contributed by atoms with E-state index in [1.54, 1.807) is 0 Å². The number of anilines is 1. The third-order valence-corrected chi connectivity index (χ3v) is 2.07. The topological polar surface area (TPSA) is 52.0 Å². The highest BCUT2D eigenvalue weighted by molar-refractivity contribution is 6.31. The Hall–Kier alpha value is -0.940. The van der Waals surface area contributed by atoms with Crippen LogP contribution in [-0.2, 0) is 12.7 Å². The lowest BCUT2D eigenvalue weighted by Crippen LogP contribution is -2.09. The highest BCUT2D eigenvalue weighted by atomic mass is 35.5. The summed E-state index contributed by atoms with van der Waals surface area (Å²) >= 11 is 5.43. The Balaban J connectivity index is 3.29. The summed E-state index contributed by atoms with van der Waals surface area (Å²) < 4.78 is 36.9. The molecule has 0 atom stereocenters. The van der Waals surface area contributed by atoms with Crippen molar-refractivity contribution in [2.75, 3.05) is 5.73 Å². The molecule has 0 aliphatic rings. The molecule has 0 amide bonds. The third kappa shape index (κ3) is 2.10. The van der Waals surface area contributed by atoms with Crippen molar-refractivity contribution in [2.45, 2.75) is 12.7 Å². The van der Waals surface area contributed by atoms with Gasteiger partial charge in [-0.2, -0.15) is 13.2 Å². The highest BCUT2D eigenvalue weighted by Gasteiger charge is 2.33. The number of rotatable bonds is 1. The van der Waals surface area contributed by atoms with Crippen LogP contribution < -0.4 is 11.5 Å². The van der Waals surface area contributed by atoms with Crippen LogP contribution >= 0.6 is 11.6 Å². The van der Waals surface area contributed by atoms with Gasteiger partial charge in [-0.15, -0.1) is 0 Å². The molecule has 0 saturated carbocycles. The smallest absolute Gasteiger partial charge is 0.398 e. The van der Waals surface area contributed by atoms with Crippen LogP contribution in [0.5, 0.6) is 0 Å². The molecule has 1 rings (SSSR count). The standard InChI is InChI=1S/C8H8ClF3N2/c9-6-1-4(3-13)7(14)2-5(6)8(10,11)12/h1-2H,3,13-14H2. The molecular weight excluding hydrogens is 217 g/mol. The van der Waals surface area contributed by atoms with E-state index in [0.29, 0.717) is 5.56 Å². The maximum atomic E-state index is 12.3. The molecule has 0 radical (unpaired) electrons. The van der Waals surface area contributed by atoms with E-state index in [-0.39, 0.29) is 17.3 Å². The molecule has 0 unspecified atom stereocenters. The molecule has 4 N–H and O–H groups in total. The Morgan fingerprint density at radius 3 is 2.29 bits per heavy atom. The van der Waals surface area contributed by atoms with Gasteiger partial charge in [0.25, 0.3) is 0 Å². The van der Waals surface area contributed by atoms with Crippen LogP contribution in [0.3, 0.4) is 0 Å². The van der Waals surface area contributed by atoms with Crippen molar-refractivity contribution in [3.05, 3.63) is 28.3 Å². The van der Waals surface area contributed by atoms with E-state index >= 15 is 0 Å². The number of hydrogen-bond donors (Lipinski definition) is 2.